The highest BCUT2D eigenvalue weighted by atomic mass is 19.1. The van der Waals surface area contributed by atoms with Crippen LogP contribution >= 0.6 is 0 Å². The number of H-pyrrole nitrogens is 1. The number of nitrogens with one attached hydrogen (secondary N) is 2. The topological polar surface area (TPSA) is 76.9 Å². The van der Waals surface area contributed by atoms with Gasteiger partial charge < -0.3 is 24.5 Å². The van der Waals surface area contributed by atoms with Crippen molar-refractivity contribution in [3.05, 3.63) is 59.9 Å². The van der Waals surface area contributed by atoms with Crippen LogP contribution in [0.1, 0.15) is 16.1 Å². The maximum absolute atomic E-state index is 13.5. The fraction of sp³-hybridized carbons (Fsp3) is 0.333. The van der Waals surface area contributed by atoms with Crippen LogP contribution in [0.4, 0.5) is 4.39 Å². The molecule has 0 atom stereocenters. The van der Waals surface area contributed by atoms with Gasteiger partial charge in [-0.1, -0.05) is 0 Å². The Hall–Kier alpha value is -3.29. The lowest BCUT2D eigenvalue weighted by molar-refractivity contribution is 0.0658. The van der Waals surface area contributed by atoms with Crippen molar-refractivity contribution in [3.63, 3.8) is 0 Å². The van der Waals surface area contributed by atoms with Crippen LogP contribution < -0.4 is 5.32 Å². The van der Waals surface area contributed by atoms with Gasteiger partial charge in [-0.15, -0.1) is 0 Å². The normalized spacial score (nSPS) is 15.2. The first-order valence-corrected chi connectivity index (χ1v) is 9.69. The zero-order valence-corrected chi connectivity index (χ0v) is 16.3. The van der Waals surface area contributed by atoms with Crippen molar-refractivity contribution in [1.29, 1.82) is 0 Å². The standard InChI is InChI=1S/C21H24FN5O2/c1-23-21(24-7-6-15-14-25-18-5-4-16(22)13-17(15)18)27-10-8-26(9-11-27)20(28)19-3-2-12-29-19/h2-5,12-14,25H,6-11H2,1H3,(H,23,24). The molecular weight excluding hydrogens is 373 g/mol. The molecule has 1 saturated heterocycles. The SMILES string of the molecule is CN=C(NCCc1c[nH]c2ccc(F)cc12)N1CCN(C(=O)c2ccco2)CC1. The van der Waals surface area contributed by atoms with E-state index < -0.39 is 0 Å². The number of hydrogen-bond donors (Lipinski definition) is 2. The van der Waals surface area contributed by atoms with Gasteiger partial charge in [0, 0.05) is 56.9 Å². The van der Waals surface area contributed by atoms with E-state index in [1.807, 2.05) is 6.20 Å². The number of piperazine rings is 1. The number of aromatic nitrogens is 1. The first kappa shape index (κ1) is 19.0. The van der Waals surface area contributed by atoms with E-state index in [2.05, 4.69) is 20.2 Å². The molecule has 2 N–H and O–H groups in total. The summed E-state index contributed by atoms with van der Waals surface area (Å²) in [6.45, 7) is 3.31. The molecule has 8 heteroatoms. The third-order valence-electron chi connectivity index (χ3n) is 5.22. The van der Waals surface area contributed by atoms with Crippen LogP contribution in [0.3, 0.4) is 0 Å². The molecule has 3 heterocycles. The zero-order valence-electron chi connectivity index (χ0n) is 16.3. The number of fused-ring (bicyclic) bond motifs is 1. The van der Waals surface area contributed by atoms with Crippen molar-refractivity contribution in [2.45, 2.75) is 6.42 Å². The summed E-state index contributed by atoms with van der Waals surface area (Å²) in [7, 11) is 1.75. The predicted molar refractivity (Wildman–Crippen MR) is 110 cm³/mol. The minimum Gasteiger partial charge on any atom is -0.459 e. The Bertz CT molecular complexity index is 1000. The second kappa shape index (κ2) is 8.38. The van der Waals surface area contributed by atoms with Gasteiger partial charge in [-0.2, -0.15) is 0 Å². The molecule has 7 nitrogen and oxygen atoms in total. The second-order valence-electron chi connectivity index (χ2n) is 6.98. The largest absolute Gasteiger partial charge is 0.459 e. The molecule has 29 heavy (non-hydrogen) atoms. The van der Waals surface area contributed by atoms with Gasteiger partial charge >= 0.3 is 0 Å². The second-order valence-corrected chi connectivity index (χ2v) is 6.98. The molecule has 1 aromatic carbocycles. The van der Waals surface area contributed by atoms with E-state index >= 15 is 0 Å². The molecule has 2 aromatic heterocycles. The smallest absolute Gasteiger partial charge is 0.289 e. The van der Waals surface area contributed by atoms with Crippen LogP contribution in [0.25, 0.3) is 10.9 Å². The molecule has 3 aromatic rings. The Labute approximate surface area is 168 Å². The number of guanidine groups is 1. The maximum Gasteiger partial charge on any atom is 0.289 e. The molecule has 4 rings (SSSR count). The van der Waals surface area contributed by atoms with Gasteiger partial charge in [0.2, 0.25) is 0 Å². The Kier molecular flexibility index (Phi) is 5.50. The highest BCUT2D eigenvalue weighted by Gasteiger charge is 2.25. The van der Waals surface area contributed by atoms with Gasteiger partial charge in [-0.05, 0) is 42.3 Å². The minimum atomic E-state index is -0.232. The number of carbonyl (C=O) groups is 1. The first-order chi connectivity index (χ1) is 14.2. The van der Waals surface area contributed by atoms with E-state index in [1.165, 1.54) is 12.3 Å². The lowest BCUT2D eigenvalue weighted by Crippen LogP contribution is -2.53. The van der Waals surface area contributed by atoms with Gasteiger partial charge in [-0.25, -0.2) is 4.39 Å². The number of benzene rings is 1. The third kappa shape index (κ3) is 4.11. The molecule has 0 radical (unpaired) electrons. The predicted octanol–water partition coefficient (Wildman–Crippen LogP) is 2.48. The Balaban J connectivity index is 1.30. The average Bonchev–Trinajstić information content (AvgIpc) is 3.41. The molecule has 152 valence electrons. The molecule has 1 amide bonds. The molecule has 0 saturated carbocycles. The van der Waals surface area contributed by atoms with Crippen LogP contribution in [-0.2, 0) is 6.42 Å². The number of amides is 1. The number of carbonyl (C=O) groups excluding carboxylic acids is 1. The molecule has 1 aliphatic heterocycles. The van der Waals surface area contributed by atoms with Crippen LogP contribution in [-0.4, -0.2) is 66.4 Å². The summed E-state index contributed by atoms with van der Waals surface area (Å²) in [5.74, 6) is 0.866. The number of aromatic amines is 1. The highest BCUT2D eigenvalue weighted by Crippen LogP contribution is 2.19. The van der Waals surface area contributed by atoms with E-state index in [-0.39, 0.29) is 11.7 Å². The number of nitrogens with zero attached hydrogens (tertiary/aromatic N) is 3. The number of halogens is 1. The van der Waals surface area contributed by atoms with Crippen molar-refractivity contribution in [2.75, 3.05) is 39.8 Å². The summed E-state index contributed by atoms with van der Waals surface area (Å²) in [5.41, 5.74) is 2.00. The van der Waals surface area contributed by atoms with Crippen molar-refractivity contribution in [2.24, 2.45) is 4.99 Å². The molecule has 0 spiro atoms. The van der Waals surface area contributed by atoms with E-state index in [1.54, 1.807) is 36.2 Å². The monoisotopic (exact) mass is 397 g/mol. The first-order valence-electron chi connectivity index (χ1n) is 9.69. The van der Waals surface area contributed by atoms with Crippen LogP contribution in [0.5, 0.6) is 0 Å². The lowest BCUT2D eigenvalue weighted by Gasteiger charge is -2.36. The maximum atomic E-state index is 13.5. The van der Waals surface area contributed by atoms with E-state index in [9.17, 15) is 9.18 Å². The van der Waals surface area contributed by atoms with Crippen molar-refractivity contribution in [1.82, 2.24) is 20.1 Å². The van der Waals surface area contributed by atoms with Crippen LogP contribution in [0.2, 0.25) is 0 Å². The highest BCUT2D eigenvalue weighted by molar-refractivity contribution is 5.91. The summed E-state index contributed by atoms with van der Waals surface area (Å²) < 4.78 is 18.7. The van der Waals surface area contributed by atoms with E-state index in [0.717, 1.165) is 28.8 Å². The summed E-state index contributed by atoms with van der Waals surface area (Å²) in [6.07, 6.45) is 4.18. The number of rotatable bonds is 4. The fourth-order valence-corrected chi connectivity index (χ4v) is 3.68. The molecular formula is C21H24FN5O2. The molecule has 1 aliphatic rings. The molecule has 0 bridgehead atoms. The molecule has 0 aliphatic carbocycles. The van der Waals surface area contributed by atoms with Gasteiger partial charge in [0.15, 0.2) is 11.7 Å². The van der Waals surface area contributed by atoms with Crippen molar-refractivity contribution >= 4 is 22.8 Å². The lowest BCUT2D eigenvalue weighted by atomic mass is 10.1. The molecule has 0 unspecified atom stereocenters. The summed E-state index contributed by atoms with van der Waals surface area (Å²) in [4.78, 5) is 23.9. The van der Waals surface area contributed by atoms with Gasteiger partial charge in [-0.3, -0.25) is 9.79 Å². The summed E-state index contributed by atoms with van der Waals surface area (Å²) >= 11 is 0. The Morgan fingerprint density at radius 1 is 1.24 bits per heavy atom. The molecule has 1 fully saturated rings. The van der Waals surface area contributed by atoms with E-state index in [0.29, 0.717) is 38.5 Å². The van der Waals surface area contributed by atoms with Crippen molar-refractivity contribution < 1.29 is 13.6 Å². The van der Waals surface area contributed by atoms with Gasteiger partial charge in [0.05, 0.1) is 6.26 Å². The van der Waals surface area contributed by atoms with E-state index in [4.69, 9.17) is 4.42 Å². The Morgan fingerprint density at radius 2 is 2.03 bits per heavy atom. The van der Waals surface area contributed by atoms with Gasteiger partial charge in [0.25, 0.3) is 5.91 Å². The average molecular weight is 397 g/mol. The van der Waals surface area contributed by atoms with Crippen LogP contribution in [0, 0.1) is 5.82 Å². The fourth-order valence-electron chi connectivity index (χ4n) is 3.68. The van der Waals surface area contributed by atoms with Gasteiger partial charge in [0.1, 0.15) is 5.82 Å². The zero-order chi connectivity index (χ0) is 20.2. The minimum absolute atomic E-state index is 0.0795. The quantitative estimate of drug-likeness (QED) is 0.524. The van der Waals surface area contributed by atoms with Crippen LogP contribution in [0.15, 0.2) is 52.2 Å². The number of aliphatic imine (C=N–C) groups is 1. The number of hydrogen-bond acceptors (Lipinski definition) is 3. The van der Waals surface area contributed by atoms with Crippen molar-refractivity contribution in [3.8, 4) is 0 Å². The Morgan fingerprint density at radius 3 is 2.76 bits per heavy atom. The number of furan rings is 1. The summed E-state index contributed by atoms with van der Waals surface area (Å²) in [5, 5.41) is 4.28. The summed E-state index contributed by atoms with van der Waals surface area (Å²) in [6, 6.07) is 8.18. The third-order valence-corrected chi connectivity index (χ3v) is 5.22.